The third kappa shape index (κ3) is 5.22. The van der Waals surface area contributed by atoms with Crippen LogP contribution in [0.2, 0.25) is 0 Å². The number of amides is 3. The molecule has 0 bridgehead atoms. The Morgan fingerprint density at radius 3 is 2.45 bits per heavy atom. The van der Waals surface area contributed by atoms with E-state index in [2.05, 4.69) is 5.43 Å². The number of hydrogen-bond donors (Lipinski definition) is 2. The number of fused-ring (bicyclic) bond motifs is 1. The van der Waals surface area contributed by atoms with Crippen LogP contribution in [0.5, 0.6) is 0 Å². The number of carbonyl (C=O) groups excluding carboxylic acids is 2. The van der Waals surface area contributed by atoms with Crippen LogP contribution in [0, 0.1) is 6.92 Å². The standard InChI is InChI=1S/C21H31N5O6S/c1-12-14(11-25(18(22)28)23-19(29)32-21(2,3)4)33-17-15(12)16(27)26(13-7-6-8-13)20(30)24(17)9-10-31-5/h13H,6-11H2,1-5H3,(H2,22,28)(H,23,29). The van der Waals surface area contributed by atoms with Gasteiger partial charge in [0, 0.05) is 18.0 Å². The van der Waals surface area contributed by atoms with Crippen LogP contribution in [0.4, 0.5) is 9.59 Å². The Bertz CT molecular complexity index is 1170. The van der Waals surface area contributed by atoms with Crippen molar-refractivity contribution < 1.29 is 19.1 Å². The molecule has 3 rings (SSSR count). The number of methoxy groups -OCH3 is 1. The van der Waals surface area contributed by atoms with E-state index in [0.29, 0.717) is 27.3 Å². The second-order valence-corrected chi connectivity index (χ2v) is 10.1. The van der Waals surface area contributed by atoms with Crippen LogP contribution in [0.1, 0.15) is 56.5 Å². The fraction of sp³-hybridized carbons (Fsp3) is 0.619. The largest absolute Gasteiger partial charge is 0.443 e. The molecule has 1 saturated carbocycles. The first-order chi connectivity index (χ1) is 15.4. The summed E-state index contributed by atoms with van der Waals surface area (Å²) >= 11 is 1.21. The molecule has 182 valence electrons. The average molecular weight is 482 g/mol. The predicted octanol–water partition coefficient (Wildman–Crippen LogP) is 2.22. The zero-order valence-corrected chi connectivity index (χ0v) is 20.4. The van der Waals surface area contributed by atoms with Gasteiger partial charge in [-0.2, -0.15) is 0 Å². The molecular formula is C21H31N5O6S. The lowest BCUT2D eigenvalue weighted by Crippen LogP contribution is -2.49. The van der Waals surface area contributed by atoms with Gasteiger partial charge >= 0.3 is 17.8 Å². The minimum atomic E-state index is -0.888. The number of ether oxygens (including phenoxy) is 2. The number of aromatic nitrogens is 2. The summed E-state index contributed by atoms with van der Waals surface area (Å²) in [6.45, 7) is 7.36. The van der Waals surface area contributed by atoms with E-state index < -0.39 is 17.7 Å². The number of urea groups is 1. The molecule has 1 fully saturated rings. The number of nitrogens with two attached hydrogens (primary N) is 1. The van der Waals surface area contributed by atoms with Crippen molar-refractivity contribution in [2.45, 2.75) is 71.7 Å². The molecule has 2 aromatic rings. The smallest absolute Gasteiger partial charge is 0.426 e. The number of nitrogens with one attached hydrogen (secondary N) is 1. The van der Waals surface area contributed by atoms with Gasteiger partial charge in [0.2, 0.25) is 0 Å². The van der Waals surface area contributed by atoms with Crippen molar-refractivity contribution in [2.75, 3.05) is 13.7 Å². The van der Waals surface area contributed by atoms with Crippen LogP contribution < -0.4 is 22.4 Å². The fourth-order valence-electron chi connectivity index (χ4n) is 3.64. The van der Waals surface area contributed by atoms with Gasteiger partial charge in [0.1, 0.15) is 10.4 Å². The Morgan fingerprint density at radius 1 is 1.27 bits per heavy atom. The molecule has 3 amide bonds. The third-order valence-electron chi connectivity index (χ3n) is 5.49. The summed E-state index contributed by atoms with van der Waals surface area (Å²) in [5, 5.41) is 1.35. The number of primary amides is 1. The van der Waals surface area contributed by atoms with Crippen molar-refractivity contribution in [1.82, 2.24) is 19.6 Å². The molecule has 1 aliphatic carbocycles. The predicted molar refractivity (Wildman–Crippen MR) is 124 cm³/mol. The van der Waals surface area contributed by atoms with E-state index in [0.717, 1.165) is 24.3 Å². The minimum absolute atomic E-state index is 0.0822. The van der Waals surface area contributed by atoms with Gasteiger partial charge in [0.05, 0.1) is 25.1 Å². The van der Waals surface area contributed by atoms with Gasteiger partial charge in [-0.05, 0) is 52.5 Å². The molecule has 1 aliphatic rings. The van der Waals surface area contributed by atoms with Crippen LogP contribution in [-0.2, 0) is 22.6 Å². The van der Waals surface area contributed by atoms with Gasteiger partial charge in [0.15, 0.2) is 0 Å². The SMILES string of the molecule is COCCn1c(=O)n(C2CCC2)c(=O)c2c(C)c(CN(NC(=O)OC(C)(C)C)C(N)=O)sc21. The topological polar surface area (TPSA) is 138 Å². The first-order valence-electron chi connectivity index (χ1n) is 10.8. The third-order valence-corrected chi connectivity index (χ3v) is 6.79. The van der Waals surface area contributed by atoms with E-state index in [9.17, 15) is 19.2 Å². The van der Waals surface area contributed by atoms with E-state index in [1.54, 1.807) is 39.4 Å². The van der Waals surface area contributed by atoms with Crippen LogP contribution in [0.3, 0.4) is 0 Å². The molecule has 11 nitrogen and oxygen atoms in total. The van der Waals surface area contributed by atoms with Gasteiger partial charge in [0.25, 0.3) is 5.56 Å². The summed E-state index contributed by atoms with van der Waals surface area (Å²) in [4.78, 5) is 51.8. The molecule has 0 atom stereocenters. The van der Waals surface area contributed by atoms with Crippen LogP contribution in [0.15, 0.2) is 9.59 Å². The van der Waals surface area contributed by atoms with E-state index in [-0.39, 0.29) is 30.4 Å². The Hall–Kier alpha value is -2.86. The number of aryl methyl sites for hydroxylation is 1. The maximum Gasteiger partial charge on any atom is 0.426 e. The average Bonchev–Trinajstić information content (AvgIpc) is 2.97. The van der Waals surface area contributed by atoms with Crippen molar-refractivity contribution in [3.05, 3.63) is 31.3 Å². The van der Waals surface area contributed by atoms with Gasteiger partial charge < -0.3 is 15.2 Å². The summed E-state index contributed by atoms with van der Waals surface area (Å²) in [6, 6.07) is -0.997. The number of thiophene rings is 1. The lowest BCUT2D eigenvalue weighted by molar-refractivity contribution is 0.0376. The molecule has 0 aliphatic heterocycles. The Balaban J connectivity index is 2.05. The number of carbonyl (C=O) groups is 2. The molecule has 0 aromatic carbocycles. The van der Waals surface area contributed by atoms with Gasteiger partial charge in [-0.15, -0.1) is 11.3 Å². The van der Waals surface area contributed by atoms with E-state index in [1.807, 2.05) is 0 Å². The van der Waals surface area contributed by atoms with E-state index in [4.69, 9.17) is 15.2 Å². The minimum Gasteiger partial charge on any atom is -0.443 e. The lowest BCUT2D eigenvalue weighted by Gasteiger charge is -2.27. The maximum absolute atomic E-state index is 13.3. The van der Waals surface area contributed by atoms with Crippen molar-refractivity contribution in [1.29, 1.82) is 0 Å². The zero-order chi connectivity index (χ0) is 24.5. The highest BCUT2D eigenvalue weighted by atomic mass is 32.1. The maximum atomic E-state index is 13.3. The highest BCUT2D eigenvalue weighted by Gasteiger charge is 2.28. The normalized spacial score (nSPS) is 14.2. The van der Waals surface area contributed by atoms with Crippen LogP contribution >= 0.6 is 11.3 Å². The highest BCUT2D eigenvalue weighted by Crippen LogP contribution is 2.32. The van der Waals surface area contributed by atoms with Crippen molar-refractivity contribution in [3.63, 3.8) is 0 Å². The molecule has 2 aromatic heterocycles. The monoisotopic (exact) mass is 481 g/mol. The number of nitrogens with zero attached hydrogens (tertiary/aromatic N) is 3. The molecule has 33 heavy (non-hydrogen) atoms. The molecule has 0 radical (unpaired) electrons. The Labute approximate surface area is 195 Å². The van der Waals surface area contributed by atoms with Crippen LogP contribution in [-0.4, -0.2) is 45.6 Å². The lowest BCUT2D eigenvalue weighted by atomic mass is 9.93. The molecule has 0 saturated heterocycles. The van der Waals surface area contributed by atoms with Gasteiger partial charge in [-0.25, -0.2) is 24.8 Å². The summed E-state index contributed by atoms with van der Waals surface area (Å²) in [5.41, 5.74) is 6.99. The molecule has 0 unspecified atom stereocenters. The van der Waals surface area contributed by atoms with E-state index in [1.165, 1.54) is 15.9 Å². The first kappa shape index (κ1) is 24.8. The number of rotatable bonds is 6. The second kappa shape index (κ2) is 9.56. The summed E-state index contributed by atoms with van der Waals surface area (Å²) in [6.07, 6.45) is 1.72. The molecule has 0 spiro atoms. The first-order valence-corrected chi connectivity index (χ1v) is 11.6. The summed E-state index contributed by atoms with van der Waals surface area (Å²) < 4.78 is 13.3. The highest BCUT2D eigenvalue weighted by molar-refractivity contribution is 7.18. The zero-order valence-electron chi connectivity index (χ0n) is 19.6. The Kier molecular flexibility index (Phi) is 7.17. The Morgan fingerprint density at radius 2 is 1.94 bits per heavy atom. The van der Waals surface area contributed by atoms with Gasteiger partial charge in [-0.1, -0.05) is 0 Å². The molecule has 2 heterocycles. The summed E-state index contributed by atoms with van der Waals surface area (Å²) in [5.74, 6) is 0. The molecular weight excluding hydrogens is 450 g/mol. The fourth-order valence-corrected chi connectivity index (χ4v) is 4.94. The molecule has 12 heteroatoms. The van der Waals surface area contributed by atoms with Gasteiger partial charge in [-0.3, -0.25) is 13.9 Å². The van der Waals surface area contributed by atoms with E-state index >= 15 is 0 Å². The second-order valence-electron chi connectivity index (χ2n) is 9.06. The van der Waals surface area contributed by atoms with Crippen LogP contribution in [0.25, 0.3) is 10.2 Å². The quantitative estimate of drug-likeness (QED) is 0.607. The van der Waals surface area contributed by atoms with Crippen molar-refractivity contribution in [3.8, 4) is 0 Å². The summed E-state index contributed by atoms with van der Waals surface area (Å²) in [7, 11) is 1.54. The molecule has 3 N–H and O–H groups in total. The number of hydrazine groups is 1. The van der Waals surface area contributed by atoms with Crippen molar-refractivity contribution in [2.24, 2.45) is 5.73 Å². The van der Waals surface area contributed by atoms with Crippen molar-refractivity contribution >= 4 is 33.7 Å². The number of hydrogen-bond acceptors (Lipinski definition) is 7.